The van der Waals surface area contributed by atoms with Crippen molar-refractivity contribution >= 4 is 11.9 Å². The zero-order valence-corrected chi connectivity index (χ0v) is 22.2. The summed E-state index contributed by atoms with van der Waals surface area (Å²) in [5.74, 6) is 0.0211. The molecule has 0 bridgehead atoms. The Labute approximate surface area is 226 Å². The highest BCUT2D eigenvalue weighted by Crippen LogP contribution is 2.41. The highest BCUT2D eigenvalue weighted by atomic mass is 19.4. The van der Waals surface area contributed by atoms with Crippen LogP contribution in [0.2, 0.25) is 0 Å². The number of hydrogen-bond acceptors (Lipinski definition) is 2. The number of urea groups is 1. The summed E-state index contributed by atoms with van der Waals surface area (Å²) in [5, 5.41) is 6.10. The number of hydrogen-bond donors (Lipinski definition) is 2. The van der Waals surface area contributed by atoms with Gasteiger partial charge in [0.15, 0.2) is 0 Å². The van der Waals surface area contributed by atoms with Crippen LogP contribution in [0.5, 0.6) is 0 Å². The number of alkyl halides is 3. The van der Waals surface area contributed by atoms with Crippen LogP contribution >= 0.6 is 0 Å². The molecule has 204 valence electrons. The molecular weight excluding hydrogens is 503 g/mol. The van der Waals surface area contributed by atoms with E-state index < -0.39 is 17.3 Å². The molecule has 0 aromatic heterocycles. The van der Waals surface area contributed by atoms with Gasteiger partial charge in [0.25, 0.3) is 5.91 Å². The van der Waals surface area contributed by atoms with Crippen LogP contribution in [-0.2, 0) is 19.1 Å². The Balaban J connectivity index is 1.47. The molecule has 2 aliphatic rings. The number of nitrogens with zero attached hydrogens (tertiary/aromatic N) is 1. The van der Waals surface area contributed by atoms with E-state index in [1.807, 2.05) is 51.1 Å². The molecule has 1 aliphatic carbocycles. The lowest BCUT2D eigenvalue weighted by Crippen LogP contribution is -2.50. The zero-order valence-electron chi connectivity index (χ0n) is 22.2. The highest BCUT2D eigenvalue weighted by Gasteiger charge is 2.40. The molecule has 5 rings (SSSR count). The van der Waals surface area contributed by atoms with Gasteiger partial charge in [-0.15, -0.1) is 0 Å². The number of rotatable bonds is 4. The minimum atomic E-state index is -4.46. The van der Waals surface area contributed by atoms with Gasteiger partial charge in [-0.1, -0.05) is 48.5 Å². The highest BCUT2D eigenvalue weighted by molar-refractivity contribution is 5.98. The molecule has 1 heterocycles. The van der Waals surface area contributed by atoms with Gasteiger partial charge in [0.1, 0.15) is 0 Å². The normalized spacial score (nSPS) is 18.8. The van der Waals surface area contributed by atoms with Crippen molar-refractivity contribution in [2.24, 2.45) is 0 Å². The number of halogens is 3. The van der Waals surface area contributed by atoms with Gasteiger partial charge in [0.05, 0.1) is 5.56 Å². The maximum absolute atomic E-state index is 13.5. The predicted molar refractivity (Wildman–Crippen MR) is 144 cm³/mol. The fourth-order valence-electron chi connectivity index (χ4n) is 5.26. The fraction of sp³-hybridized carbons (Fsp3) is 0.355. The lowest BCUT2D eigenvalue weighted by molar-refractivity contribution is -0.137. The molecule has 3 amide bonds. The molecule has 2 atom stereocenters. The van der Waals surface area contributed by atoms with Gasteiger partial charge in [-0.05, 0) is 79.6 Å². The minimum Gasteiger partial charge on any atom is -0.349 e. The minimum absolute atomic E-state index is 0.0163. The van der Waals surface area contributed by atoms with E-state index in [1.165, 1.54) is 11.6 Å². The quantitative estimate of drug-likeness (QED) is 0.399. The third-order valence-electron chi connectivity index (χ3n) is 7.26. The lowest BCUT2D eigenvalue weighted by atomic mass is 9.87. The van der Waals surface area contributed by atoms with E-state index in [1.54, 1.807) is 23.1 Å². The molecule has 3 aromatic carbocycles. The Morgan fingerprint density at radius 3 is 2.36 bits per heavy atom. The molecule has 0 radical (unpaired) electrons. The molecule has 3 aromatic rings. The molecule has 1 aliphatic heterocycles. The molecule has 1 saturated carbocycles. The van der Waals surface area contributed by atoms with Crippen molar-refractivity contribution in [3.05, 3.63) is 94.5 Å². The third-order valence-corrected chi connectivity index (χ3v) is 7.26. The maximum Gasteiger partial charge on any atom is 0.416 e. The first-order valence-corrected chi connectivity index (χ1v) is 13.2. The summed E-state index contributed by atoms with van der Waals surface area (Å²) in [4.78, 5) is 28.2. The number of fused-ring (bicyclic) bond motifs is 1. The number of amides is 3. The van der Waals surface area contributed by atoms with Crippen molar-refractivity contribution in [3.63, 3.8) is 0 Å². The Bertz CT molecular complexity index is 1400. The maximum atomic E-state index is 13.5. The van der Waals surface area contributed by atoms with Crippen molar-refractivity contribution in [1.29, 1.82) is 0 Å². The summed E-state index contributed by atoms with van der Waals surface area (Å²) >= 11 is 0. The molecule has 0 unspecified atom stereocenters. The van der Waals surface area contributed by atoms with Gasteiger partial charge in [-0.3, -0.25) is 4.79 Å². The van der Waals surface area contributed by atoms with Crippen LogP contribution in [0.1, 0.15) is 65.7 Å². The zero-order chi connectivity index (χ0) is 27.9. The van der Waals surface area contributed by atoms with Crippen molar-refractivity contribution in [1.82, 2.24) is 15.5 Å². The van der Waals surface area contributed by atoms with E-state index in [0.29, 0.717) is 35.2 Å². The number of carbonyl (C=O) groups is 2. The largest absolute Gasteiger partial charge is 0.416 e. The summed E-state index contributed by atoms with van der Waals surface area (Å²) in [7, 11) is 0. The first-order valence-electron chi connectivity index (χ1n) is 13.2. The van der Waals surface area contributed by atoms with Gasteiger partial charge in [-0.2, -0.15) is 13.2 Å². The average molecular weight is 536 g/mol. The molecular formula is C31H32F3N3O2. The first-order chi connectivity index (χ1) is 18.4. The second kappa shape index (κ2) is 10.1. The van der Waals surface area contributed by atoms with Gasteiger partial charge in [0.2, 0.25) is 0 Å². The predicted octanol–water partition coefficient (Wildman–Crippen LogP) is 6.52. The number of carbonyl (C=O) groups excluding carboxylic acids is 2. The topological polar surface area (TPSA) is 61.4 Å². The van der Waals surface area contributed by atoms with E-state index >= 15 is 0 Å². The molecule has 1 fully saturated rings. The fourth-order valence-corrected chi connectivity index (χ4v) is 5.26. The third kappa shape index (κ3) is 5.95. The van der Waals surface area contributed by atoms with Crippen molar-refractivity contribution < 1.29 is 22.8 Å². The van der Waals surface area contributed by atoms with Crippen LogP contribution in [0.25, 0.3) is 11.1 Å². The summed E-state index contributed by atoms with van der Waals surface area (Å²) < 4.78 is 40.3. The SMILES string of the molecule is CC(C)(C)NC(=O)N1CCc2c(-c3cccc(C(F)(F)F)c3)ccc(C(=O)N[C@@H]3C[C@H]3c3ccccc3)c2C1. The molecule has 39 heavy (non-hydrogen) atoms. The summed E-state index contributed by atoms with van der Waals surface area (Å²) in [6.07, 6.45) is -3.19. The van der Waals surface area contributed by atoms with Gasteiger partial charge in [0, 0.05) is 36.2 Å². The second-order valence-corrected chi connectivity index (χ2v) is 11.4. The van der Waals surface area contributed by atoms with Crippen molar-refractivity contribution in [2.45, 2.75) is 63.8 Å². The number of benzene rings is 3. The van der Waals surface area contributed by atoms with Gasteiger partial charge in [-0.25, -0.2) is 4.79 Å². The van der Waals surface area contributed by atoms with Crippen LogP contribution in [0.15, 0.2) is 66.7 Å². The smallest absolute Gasteiger partial charge is 0.349 e. The van der Waals surface area contributed by atoms with Crippen LogP contribution < -0.4 is 10.6 Å². The van der Waals surface area contributed by atoms with E-state index in [0.717, 1.165) is 24.1 Å². The molecule has 2 N–H and O–H groups in total. The molecule has 8 heteroatoms. The van der Waals surface area contributed by atoms with Crippen LogP contribution in [0.4, 0.5) is 18.0 Å². The molecule has 0 spiro atoms. The Kier molecular flexibility index (Phi) is 6.91. The van der Waals surface area contributed by atoms with E-state index in [2.05, 4.69) is 10.6 Å². The van der Waals surface area contributed by atoms with Crippen LogP contribution in [0.3, 0.4) is 0 Å². The first kappa shape index (κ1) is 26.8. The number of nitrogens with one attached hydrogen (secondary N) is 2. The van der Waals surface area contributed by atoms with Crippen molar-refractivity contribution in [2.75, 3.05) is 6.54 Å². The van der Waals surface area contributed by atoms with E-state index in [9.17, 15) is 22.8 Å². The Hall–Kier alpha value is -3.81. The standard InChI is InChI=1S/C31H32F3N3O2/c1-30(2,3)36-29(39)37-15-14-23-22(20-10-7-11-21(16-20)31(32,33)34)12-13-24(26(23)18-37)28(38)35-27-17-25(27)19-8-5-4-6-9-19/h4-13,16,25,27H,14-15,17-18H2,1-3H3,(H,35,38)(H,36,39)/t25-,27+/m0/s1. The monoisotopic (exact) mass is 535 g/mol. The average Bonchev–Trinajstić information content (AvgIpc) is 3.65. The van der Waals surface area contributed by atoms with Gasteiger partial charge >= 0.3 is 12.2 Å². The second-order valence-electron chi connectivity index (χ2n) is 11.4. The Morgan fingerprint density at radius 1 is 0.923 bits per heavy atom. The lowest BCUT2D eigenvalue weighted by Gasteiger charge is -2.34. The summed E-state index contributed by atoms with van der Waals surface area (Å²) in [6, 6.07) is 18.4. The van der Waals surface area contributed by atoms with E-state index in [-0.39, 0.29) is 30.4 Å². The van der Waals surface area contributed by atoms with Crippen LogP contribution in [-0.4, -0.2) is 35.0 Å². The van der Waals surface area contributed by atoms with Crippen molar-refractivity contribution in [3.8, 4) is 11.1 Å². The van der Waals surface area contributed by atoms with Crippen LogP contribution in [0, 0.1) is 0 Å². The summed E-state index contributed by atoms with van der Waals surface area (Å²) in [5.41, 5.74) is 3.03. The Morgan fingerprint density at radius 2 is 1.67 bits per heavy atom. The van der Waals surface area contributed by atoms with Gasteiger partial charge < -0.3 is 15.5 Å². The van der Waals surface area contributed by atoms with E-state index in [4.69, 9.17) is 0 Å². The molecule has 5 nitrogen and oxygen atoms in total. The summed E-state index contributed by atoms with van der Waals surface area (Å²) in [6.45, 7) is 6.27. The molecule has 0 saturated heterocycles.